The normalized spacial score (nSPS) is 10.4. The third-order valence-electron chi connectivity index (χ3n) is 1.20. The van der Waals surface area contributed by atoms with Crippen molar-refractivity contribution in [1.29, 1.82) is 0 Å². The highest BCUT2D eigenvalue weighted by Gasteiger charge is 1.94. The minimum Gasteiger partial charge on any atom is -0.326 e. The van der Waals surface area contributed by atoms with Crippen molar-refractivity contribution in [2.24, 2.45) is 5.73 Å². The molecule has 0 bridgehead atoms. The summed E-state index contributed by atoms with van der Waals surface area (Å²) in [6.07, 6.45) is 9.22. The van der Waals surface area contributed by atoms with Crippen LogP contribution in [0.3, 0.4) is 0 Å². The van der Waals surface area contributed by atoms with Gasteiger partial charge >= 0.3 is 0 Å². The van der Waals surface area contributed by atoms with E-state index in [0.29, 0.717) is 6.54 Å². The van der Waals surface area contributed by atoms with E-state index in [4.69, 9.17) is 18.0 Å². The molecule has 0 saturated heterocycles. The lowest BCUT2D eigenvalue weighted by molar-refractivity contribution is 1.33. The van der Waals surface area contributed by atoms with Crippen LogP contribution in [0.15, 0.2) is 49.1 Å². The van der Waals surface area contributed by atoms with E-state index in [1.54, 1.807) is 12.2 Å². The van der Waals surface area contributed by atoms with Crippen LogP contribution in [0, 0.1) is 0 Å². The van der Waals surface area contributed by atoms with E-state index in [-0.39, 0.29) is 0 Å². The minimum atomic E-state index is 0.407. The van der Waals surface area contributed by atoms with Crippen molar-refractivity contribution in [1.82, 2.24) is 0 Å². The number of hydrogen-bond acceptors (Lipinski definition) is 2. The lowest BCUT2D eigenvalue weighted by Gasteiger charge is -1.98. The van der Waals surface area contributed by atoms with Gasteiger partial charge in [-0.05, 0) is 19.4 Å². The van der Waals surface area contributed by atoms with Crippen molar-refractivity contribution in [3.63, 3.8) is 0 Å². The Hall–Kier alpha value is -0.990. The van der Waals surface area contributed by atoms with E-state index in [0.717, 1.165) is 10.4 Å². The Morgan fingerprint density at radius 3 is 2.14 bits per heavy atom. The van der Waals surface area contributed by atoms with Crippen LogP contribution in [-0.2, 0) is 0 Å². The Balaban J connectivity index is 0. The summed E-state index contributed by atoms with van der Waals surface area (Å²) in [6, 6.07) is 0. The topological polar surface area (TPSA) is 26.0 Å². The average molecular weight is 209 g/mol. The van der Waals surface area contributed by atoms with Crippen molar-refractivity contribution in [2.75, 3.05) is 6.54 Å². The molecule has 0 saturated carbocycles. The van der Waals surface area contributed by atoms with Gasteiger partial charge in [0, 0.05) is 11.4 Å². The predicted octanol–water partition coefficient (Wildman–Crippen LogP) is 3.20. The molecule has 1 nitrogen and oxygen atoms in total. The molecule has 0 unspecified atom stereocenters. The van der Waals surface area contributed by atoms with E-state index in [2.05, 4.69) is 13.2 Å². The van der Waals surface area contributed by atoms with Crippen LogP contribution in [0.4, 0.5) is 0 Å². The molecular formula is C12H19NS. The third kappa shape index (κ3) is 9.10. The quantitative estimate of drug-likeness (QED) is 0.333. The summed E-state index contributed by atoms with van der Waals surface area (Å²) >= 11 is 4.99. The Labute approximate surface area is 92.7 Å². The van der Waals surface area contributed by atoms with Gasteiger partial charge < -0.3 is 5.73 Å². The summed E-state index contributed by atoms with van der Waals surface area (Å²) in [5.41, 5.74) is 6.30. The third-order valence-corrected chi connectivity index (χ3v) is 1.60. The number of thiocarbonyl (C=S) groups is 1. The van der Waals surface area contributed by atoms with Crippen molar-refractivity contribution >= 4 is 17.1 Å². The number of rotatable bonds is 4. The maximum atomic E-state index is 5.37. The molecule has 0 heterocycles. The van der Waals surface area contributed by atoms with E-state index in [9.17, 15) is 0 Å². The van der Waals surface area contributed by atoms with Gasteiger partial charge in [0.05, 0.1) is 0 Å². The molecule has 0 fully saturated rings. The molecule has 0 aromatic carbocycles. The van der Waals surface area contributed by atoms with Crippen LogP contribution < -0.4 is 5.73 Å². The number of allylic oxidation sites excluding steroid dienone is 5. The molecule has 0 aliphatic rings. The lowest BCUT2D eigenvalue weighted by atomic mass is 10.1. The van der Waals surface area contributed by atoms with Crippen molar-refractivity contribution in [3.8, 4) is 0 Å². The van der Waals surface area contributed by atoms with Gasteiger partial charge in [-0.25, -0.2) is 0 Å². The second kappa shape index (κ2) is 12.0. The molecule has 0 spiro atoms. The highest BCUT2D eigenvalue weighted by Crippen LogP contribution is 1.99. The molecule has 0 aliphatic heterocycles. The summed E-state index contributed by atoms with van der Waals surface area (Å²) in [7, 11) is 0. The van der Waals surface area contributed by atoms with Gasteiger partial charge in [-0.15, -0.1) is 6.58 Å². The van der Waals surface area contributed by atoms with Gasteiger partial charge in [0.1, 0.15) is 0 Å². The minimum absolute atomic E-state index is 0.407. The smallest absolute Gasteiger partial charge is 0.0360 e. The second-order valence-electron chi connectivity index (χ2n) is 2.39. The number of hydrogen-bond donors (Lipinski definition) is 1. The van der Waals surface area contributed by atoms with Gasteiger partial charge in [0.25, 0.3) is 0 Å². The predicted molar refractivity (Wildman–Crippen MR) is 70.6 cm³/mol. The standard InChI is InChI=1S/C9H13NS.C3H6/c1-3-5-6-8(4-2)9(11)7-10;1-3-2/h3-6H,2,7,10H2,1H3;3H,1H2,2H3/b5-3-,8-6+;. The summed E-state index contributed by atoms with van der Waals surface area (Å²) < 4.78 is 0. The lowest BCUT2D eigenvalue weighted by Crippen LogP contribution is -2.12. The SMILES string of the molecule is C=C/C(=C\C=C/C)C(=S)CN.C=CC. The van der Waals surface area contributed by atoms with Crippen molar-refractivity contribution in [3.05, 3.63) is 49.1 Å². The van der Waals surface area contributed by atoms with E-state index in [1.165, 1.54) is 0 Å². The first-order chi connectivity index (χ1) is 6.67. The van der Waals surface area contributed by atoms with Crippen molar-refractivity contribution < 1.29 is 0 Å². The van der Waals surface area contributed by atoms with Gasteiger partial charge in [0.2, 0.25) is 0 Å². The molecule has 2 heteroatoms. The first kappa shape index (κ1) is 15.5. The van der Waals surface area contributed by atoms with Gasteiger partial charge in [-0.3, -0.25) is 0 Å². The highest BCUT2D eigenvalue weighted by atomic mass is 32.1. The summed E-state index contributed by atoms with van der Waals surface area (Å²) in [4.78, 5) is 0.748. The zero-order valence-corrected chi connectivity index (χ0v) is 9.81. The zero-order valence-electron chi connectivity index (χ0n) is 8.99. The maximum absolute atomic E-state index is 5.37. The van der Waals surface area contributed by atoms with Gasteiger partial charge in [-0.1, -0.05) is 49.2 Å². The monoisotopic (exact) mass is 209 g/mol. The fraction of sp³-hybridized carbons (Fsp3) is 0.250. The molecule has 14 heavy (non-hydrogen) atoms. The fourth-order valence-corrected chi connectivity index (χ4v) is 0.744. The summed E-state index contributed by atoms with van der Waals surface area (Å²) in [5, 5.41) is 0. The van der Waals surface area contributed by atoms with Gasteiger partial charge in [0.15, 0.2) is 0 Å². The maximum Gasteiger partial charge on any atom is 0.0360 e. The van der Waals surface area contributed by atoms with E-state index in [1.807, 2.05) is 32.1 Å². The molecular weight excluding hydrogens is 190 g/mol. The Bertz CT molecular complexity index is 237. The van der Waals surface area contributed by atoms with Crippen molar-refractivity contribution in [2.45, 2.75) is 13.8 Å². The Morgan fingerprint density at radius 1 is 1.36 bits per heavy atom. The summed E-state index contributed by atoms with van der Waals surface area (Å²) in [6.45, 7) is 11.2. The first-order valence-electron chi connectivity index (χ1n) is 4.43. The van der Waals surface area contributed by atoms with E-state index < -0.39 is 0 Å². The highest BCUT2D eigenvalue weighted by molar-refractivity contribution is 7.81. The molecule has 0 radical (unpaired) electrons. The van der Waals surface area contributed by atoms with Crippen LogP contribution in [-0.4, -0.2) is 11.4 Å². The number of nitrogens with two attached hydrogens (primary N) is 1. The largest absolute Gasteiger partial charge is 0.326 e. The zero-order chi connectivity index (χ0) is 11.4. The van der Waals surface area contributed by atoms with Crippen LogP contribution >= 0.6 is 12.2 Å². The molecule has 0 aromatic heterocycles. The molecule has 78 valence electrons. The molecule has 0 atom stereocenters. The molecule has 0 rings (SSSR count). The van der Waals surface area contributed by atoms with Crippen LogP contribution in [0.1, 0.15) is 13.8 Å². The Kier molecular flexibility index (Phi) is 13.3. The van der Waals surface area contributed by atoms with Crippen LogP contribution in [0.5, 0.6) is 0 Å². The molecule has 0 aromatic rings. The molecule has 0 amide bonds. The molecule has 0 aliphatic carbocycles. The second-order valence-corrected chi connectivity index (χ2v) is 2.88. The first-order valence-corrected chi connectivity index (χ1v) is 4.84. The van der Waals surface area contributed by atoms with Crippen LogP contribution in [0.25, 0.3) is 0 Å². The summed E-state index contributed by atoms with van der Waals surface area (Å²) in [5.74, 6) is 0. The van der Waals surface area contributed by atoms with Gasteiger partial charge in [-0.2, -0.15) is 0 Å². The average Bonchev–Trinajstić information content (AvgIpc) is 2.19. The fourth-order valence-electron chi connectivity index (χ4n) is 0.593. The van der Waals surface area contributed by atoms with E-state index >= 15 is 0 Å². The Morgan fingerprint density at radius 2 is 1.86 bits per heavy atom. The molecule has 2 N–H and O–H groups in total. The van der Waals surface area contributed by atoms with Crippen LogP contribution in [0.2, 0.25) is 0 Å².